The van der Waals surface area contributed by atoms with Gasteiger partial charge in [-0.2, -0.15) is 0 Å². The van der Waals surface area contributed by atoms with E-state index in [1.54, 1.807) is 32.2 Å². The molecule has 6 heteroatoms. The van der Waals surface area contributed by atoms with Crippen molar-refractivity contribution in [1.82, 2.24) is 0 Å². The van der Waals surface area contributed by atoms with Crippen LogP contribution in [0, 0.1) is 5.92 Å². The first-order valence-corrected chi connectivity index (χ1v) is 9.76. The molecule has 1 amide bonds. The lowest BCUT2D eigenvalue weighted by atomic mass is 9.78. The van der Waals surface area contributed by atoms with Crippen molar-refractivity contribution in [3.63, 3.8) is 0 Å². The van der Waals surface area contributed by atoms with E-state index in [2.05, 4.69) is 12.2 Å². The molecule has 1 aromatic rings. The summed E-state index contributed by atoms with van der Waals surface area (Å²) in [5.41, 5.74) is 0.0206. The Morgan fingerprint density at radius 3 is 2.70 bits per heavy atom. The van der Waals surface area contributed by atoms with Crippen LogP contribution in [0.3, 0.4) is 0 Å². The highest BCUT2D eigenvalue weighted by atomic mass is 16.5. The van der Waals surface area contributed by atoms with Gasteiger partial charge in [-0.05, 0) is 56.7 Å². The van der Waals surface area contributed by atoms with Crippen molar-refractivity contribution in [2.75, 3.05) is 25.6 Å². The number of carbonyl (C=O) groups excluding carboxylic acids is 2. The molecule has 1 saturated carbocycles. The number of benzene rings is 1. The second kappa shape index (κ2) is 9.74. The van der Waals surface area contributed by atoms with Gasteiger partial charge >= 0.3 is 5.97 Å². The smallest absolute Gasteiger partial charge is 0.341 e. The summed E-state index contributed by atoms with van der Waals surface area (Å²) in [6.45, 7) is 6.66. The first kappa shape index (κ1) is 21.2. The van der Waals surface area contributed by atoms with Crippen LogP contribution in [-0.2, 0) is 14.3 Å². The molecule has 6 nitrogen and oxygen atoms in total. The molecule has 2 unspecified atom stereocenters. The molecular formula is C21H31NO5. The van der Waals surface area contributed by atoms with Gasteiger partial charge in [0.25, 0.3) is 5.91 Å². The molecule has 0 aliphatic heterocycles. The van der Waals surface area contributed by atoms with Gasteiger partial charge in [0.1, 0.15) is 16.9 Å². The van der Waals surface area contributed by atoms with E-state index in [9.17, 15) is 9.59 Å². The number of ether oxygens (including phenoxy) is 3. The summed E-state index contributed by atoms with van der Waals surface area (Å²) < 4.78 is 16.4. The van der Waals surface area contributed by atoms with Gasteiger partial charge in [-0.15, -0.1) is 0 Å². The first-order chi connectivity index (χ1) is 13.0. The van der Waals surface area contributed by atoms with Crippen molar-refractivity contribution in [2.24, 2.45) is 5.92 Å². The lowest BCUT2D eigenvalue weighted by molar-refractivity contribution is -0.143. The monoisotopic (exact) mass is 377 g/mol. The fraction of sp³-hybridized carbons (Fsp3) is 0.619. The predicted molar refractivity (Wildman–Crippen MR) is 104 cm³/mol. The van der Waals surface area contributed by atoms with Gasteiger partial charge < -0.3 is 19.5 Å². The summed E-state index contributed by atoms with van der Waals surface area (Å²) in [5.74, 6) is 0.256. The van der Waals surface area contributed by atoms with Crippen molar-refractivity contribution < 1.29 is 23.8 Å². The quantitative estimate of drug-likeness (QED) is 0.688. The SMILES string of the molecule is CCCOc1ccc(NC(=O)C2(OC)CCCC(C)C2)cc1C(=O)OCC. The molecule has 1 aliphatic carbocycles. The zero-order valence-electron chi connectivity index (χ0n) is 16.8. The van der Waals surface area contributed by atoms with E-state index < -0.39 is 11.6 Å². The van der Waals surface area contributed by atoms with Crippen LogP contribution in [0.4, 0.5) is 5.69 Å². The fourth-order valence-corrected chi connectivity index (χ4v) is 3.55. The number of hydrogen-bond donors (Lipinski definition) is 1. The minimum atomic E-state index is -0.820. The summed E-state index contributed by atoms with van der Waals surface area (Å²) in [7, 11) is 1.59. The van der Waals surface area contributed by atoms with Crippen LogP contribution in [0.25, 0.3) is 0 Å². The number of carbonyl (C=O) groups is 2. The fourth-order valence-electron chi connectivity index (χ4n) is 3.55. The molecule has 1 aromatic carbocycles. The maximum Gasteiger partial charge on any atom is 0.341 e. The molecule has 2 atom stereocenters. The number of methoxy groups -OCH3 is 1. The summed E-state index contributed by atoms with van der Waals surface area (Å²) in [6.07, 6.45) is 4.28. The van der Waals surface area contributed by atoms with Crippen LogP contribution in [0.2, 0.25) is 0 Å². The van der Waals surface area contributed by atoms with Gasteiger partial charge in [-0.3, -0.25) is 4.79 Å². The highest BCUT2D eigenvalue weighted by molar-refractivity contribution is 5.99. The topological polar surface area (TPSA) is 73.9 Å². The Morgan fingerprint density at radius 2 is 2.07 bits per heavy atom. The Bertz CT molecular complexity index is 660. The molecule has 0 radical (unpaired) electrons. The van der Waals surface area contributed by atoms with Crippen molar-refractivity contribution in [3.8, 4) is 5.75 Å². The number of esters is 1. The molecule has 1 aliphatic rings. The van der Waals surface area contributed by atoms with Crippen LogP contribution in [0.15, 0.2) is 18.2 Å². The number of rotatable bonds is 8. The summed E-state index contributed by atoms with van der Waals surface area (Å²) >= 11 is 0. The normalized spacial score (nSPS) is 22.1. The van der Waals surface area contributed by atoms with E-state index in [-0.39, 0.29) is 12.5 Å². The van der Waals surface area contributed by atoms with Crippen LogP contribution in [0.5, 0.6) is 5.75 Å². The van der Waals surface area contributed by atoms with Crippen molar-refractivity contribution >= 4 is 17.6 Å². The Hall–Kier alpha value is -2.08. The minimum absolute atomic E-state index is 0.173. The highest BCUT2D eigenvalue weighted by Gasteiger charge is 2.42. The van der Waals surface area contributed by atoms with Crippen LogP contribution < -0.4 is 10.1 Å². The van der Waals surface area contributed by atoms with E-state index in [4.69, 9.17) is 14.2 Å². The maximum absolute atomic E-state index is 12.9. The van der Waals surface area contributed by atoms with E-state index in [0.717, 1.165) is 19.3 Å². The third-order valence-corrected chi connectivity index (χ3v) is 4.95. The molecule has 0 bridgehead atoms. The third-order valence-electron chi connectivity index (χ3n) is 4.95. The van der Waals surface area contributed by atoms with E-state index >= 15 is 0 Å². The van der Waals surface area contributed by atoms with Gasteiger partial charge in [-0.25, -0.2) is 4.79 Å². The van der Waals surface area contributed by atoms with Crippen molar-refractivity contribution in [1.29, 1.82) is 0 Å². The average molecular weight is 377 g/mol. The van der Waals surface area contributed by atoms with Crippen molar-refractivity contribution in [2.45, 2.75) is 58.5 Å². The van der Waals surface area contributed by atoms with E-state index in [0.29, 0.717) is 42.4 Å². The summed E-state index contributed by atoms with van der Waals surface area (Å²) in [5, 5.41) is 2.92. The molecular weight excluding hydrogens is 346 g/mol. The largest absolute Gasteiger partial charge is 0.493 e. The zero-order chi connectivity index (χ0) is 19.9. The van der Waals surface area contributed by atoms with Crippen LogP contribution in [-0.4, -0.2) is 37.8 Å². The Labute approximate surface area is 161 Å². The Kier molecular flexibility index (Phi) is 7.66. The Morgan fingerprint density at radius 1 is 1.30 bits per heavy atom. The van der Waals surface area contributed by atoms with Gasteiger partial charge in [0.15, 0.2) is 0 Å². The Balaban J connectivity index is 2.23. The van der Waals surface area contributed by atoms with Crippen LogP contribution >= 0.6 is 0 Å². The second-order valence-corrected chi connectivity index (χ2v) is 7.13. The lowest BCUT2D eigenvalue weighted by Gasteiger charge is -2.37. The molecule has 2 rings (SSSR count). The van der Waals surface area contributed by atoms with Gasteiger partial charge in [0.2, 0.25) is 0 Å². The molecule has 0 saturated heterocycles. The molecule has 0 heterocycles. The molecule has 1 fully saturated rings. The average Bonchev–Trinajstić information content (AvgIpc) is 2.66. The predicted octanol–water partition coefficient (Wildman–Crippen LogP) is 4.19. The summed E-state index contributed by atoms with van der Waals surface area (Å²) in [4.78, 5) is 25.2. The lowest BCUT2D eigenvalue weighted by Crippen LogP contribution is -2.47. The molecule has 27 heavy (non-hydrogen) atoms. The standard InChI is InChI=1S/C21H31NO5/c1-5-12-27-18-10-9-16(13-17(18)19(23)26-6-2)22-20(24)21(25-4)11-7-8-15(3)14-21/h9-10,13,15H,5-8,11-12,14H2,1-4H3,(H,22,24). The second-order valence-electron chi connectivity index (χ2n) is 7.13. The number of amides is 1. The molecule has 1 N–H and O–H groups in total. The first-order valence-electron chi connectivity index (χ1n) is 9.76. The highest BCUT2D eigenvalue weighted by Crippen LogP contribution is 2.36. The number of nitrogens with one attached hydrogen (secondary N) is 1. The maximum atomic E-state index is 12.9. The van der Waals surface area contributed by atoms with Gasteiger partial charge in [0, 0.05) is 12.8 Å². The minimum Gasteiger partial charge on any atom is -0.493 e. The van der Waals surface area contributed by atoms with E-state index in [1.807, 2.05) is 6.92 Å². The molecule has 0 spiro atoms. The molecule has 150 valence electrons. The van der Waals surface area contributed by atoms with E-state index in [1.165, 1.54) is 0 Å². The van der Waals surface area contributed by atoms with Gasteiger partial charge in [0.05, 0.1) is 13.2 Å². The number of hydrogen-bond acceptors (Lipinski definition) is 5. The third kappa shape index (κ3) is 5.22. The molecule has 0 aromatic heterocycles. The zero-order valence-corrected chi connectivity index (χ0v) is 16.8. The number of anilines is 1. The van der Waals surface area contributed by atoms with Gasteiger partial charge in [-0.1, -0.05) is 20.3 Å². The van der Waals surface area contributed by atoms with Crippen LogP contribution in [0.1, 0.15) is 63.2 Å². The van der Waals surface area contributed by atoms with Crippen molar-refractivity contribution in [3.05, 3.63) is 23.8 Å². The summed E-state index contributed by atoms with van der Waals surface area (Å²) in [6, 6.07) is 5.04.